The first-order valence-corrected chi connectivity index (χ1v) is 8.70. The molecule has 2 aromatic carbocycles. The molecule has 5 heteroatoms. The minimum absolute atomic E-state index is 0.342. The van der Waals surface area contributed by atoms with Gasteiger partial charge in [0.1, 0.15) is 0 Å². The quantitative estimate of drug-likeness (QED) is 0.553. The van der Waals surface area contributed by atoms with Crippen molar-refractivity contribution in [3.63, 3.8) is 0 Å². The number of hydrogen-bond donors (Lipinski definition) is 0. The maximum atomic E-state index is 12.8. The maximum Gasteiger partial charge on any atom is 0.341 e. The molecule has 0 spiro atoms. The van der Waals surface area contributed by atoms with Crippen LogP contribution in [0.5, 0.6) is 0 Å². The lowest BCUT2D eigenvalue weighted by Crippen LogP contribution is -2.47. The molecule has 0 unspecified atom stereocenters. The highest BCUT2D eigenvalue weighted by atomic mass is 16.6. The molecule has 2 aromatic rings. The lowest BCUT2D eigenvalue weighted by molar-refractivity contribution is -0.160. The molecule has 0 amide bonds. The first-order chi connectivity index (χ1) is 12.4. The van der Waals surface area contributed by atoms with Crippen LogP contribution in [-0.2, 0) is 19.1 Å². The molecule has 0 aromatic heterocycles. The van der Waals surface area contributed by atoms with Gasteiger partial charge < -0.3 is 14.4 Å². The second-order valence-corrected chi connectivity index (χ2v) is 6.41. The van der Waals surface area contributed by atoms with Crippen molar-refractivity contribution < 1.29 is 19.1 Å². The number of para-hydroxylation sites is 2. The van der Waals surface area contributed by atoms with Gasteiger partial charge in [0.15, 0.2) is 0 Å². The Balaban J connectivity index is 2.53. The predicted molar refractivity (Wildman–Crippen MR) is 101 cm³/mol. The molecule has 0 N–H and O–H groups in total. The average molecular weight is 355 g/mol. The number of hydrogen-bond acceptors (Lipinski definition) is 5. The van der Waals surface area contributed by atoms with Crippen LogP contribution in [0.25, 0.3) is 0 Å². The summed E-state index contributed by atoms with van der Waals surface area (Å²) in [4.78, 5) is 27.2. The number of ether oxygens (including phenoxy) is 2. The normalized spacial score (nSPS) is 10.9. The number of anilines is 2. The van der Waals surface area contributed by atoms with Gasteiger partial charge in [0.2, 0.25) is 6.04 Å². The summed E-state index contributed by atoms with van der Waals surface area (Å²) < 4.78 is 10.7. The fourth-order valence-electron chi connectivity index (χ4n) is 2.52. The maximum absolute atomic E-state index is 12.8. The van der Waals surface area contributed by atoms with Crippen molar-refractivity contribution in [1.29, 1.82) is 0 Å². The van der Waals surface area contributed by atoms with Crippen LogP contribution in [0, 0.1) is 0 Å². The topological polar surface area (TPSA) is 55.8 Å². The van der Waals surface area contributed by atoms with Crippen LogP contribution in [0.15, 0.2) is 60.7 Å². The lowest BCUT2D eigenvalue weighted by atomic mass is 10.1. The molecule has 0 aliphatic heterocycles. The van der Waals surface area contributed by atoms with Crippen LogP contribution in [-0.4, -0.2) is 30.2 Å². The van der Waals surface area contributed by atoms with Crippen LogP contribution in [0.1, 0.15) is 27.7 Å². The summed E-state index contributed by atoms with van der Waals surface area (Å²) in [5.41, 5.74) is 1.40. The molecule has 26 heavy (non-hydrogen) atoms. The fourth-order valence-corrected chi connectivity index (χ4v) is 2.52. The van der Waals surface area contributed by atoms with E-state index < -0.39 is 18.0 Å². The molecule has 0 fully saturated rings. The Morgan fingerprint density at radius 1 is 0.692 bits per heavy atom. The summed E-state index contributed by atoms with van der Waals surface area (Å²) in [7, 11) is 0. The van der Waals surface area contributed by atoms with E-state index in [1.54, 1.807) is 32.6 Å². The number of carbonyl (C=O) groups is 2. The first-order valence-electron chi connectivity index (χ1n) is 8.70. The third kappa shape index (κ3) is 5.09. The average Bonchev–Trinajstić information content (AvgIpc) is 2.59. The molecule has 0 saturated heterocycles. The third-order valence-corrected chi connectivity index (χ3v) is 3.48. The van der Waals surface area contributed by atoms with Crippen LogP contribution >= 0.6 is 0 Å². The Morgan fingerprint density at radius 2 is 1.04 bits per heavy atom. The number of carbonyl (C=O) groups excluding carboxylic acids is 2. The molecule has 0 aliphatic carbocycles. The van der Waals surface area contributed by atoms with E-state index in [-0.39, 0.29) is 12.2 Å². The highest BCUT2D eigenvalue weighted by Gasteiger charge is 2.38. The van der Waals surface area contributed by atoms with Gasteiger partial charge in [-0.05, 0) is 52.0 Å². The zero-order valence-corrected chi connectivity index (χ0v) is 15.6. The van der Waals surface area contributed by atoms with Crippen LogP contribution in [0.4, 0.5) is 11.4 Å². The van der Waals surface area contributed by atoms with Gasteiger partial charge in [0, 0.05) is 11.4 Å². The van der Waals surface area contributed by atoms with Gasteiger partial charge in [-0.25, -0.2) is 9.59 Å². The van der Waals surface area contributed by atoms with Crippen LogP contribution in [0.3, 0.4) is 0 Å². The van der Waals surface area contributed by atoms with E-state index in [1.807, 2.05) is 60.7 Å². The number of benzene rings is 2. The molecule has 0 radical (unpaired) electrons. The molecule has 0 atom stereocenters. The van der Waals surface area contributed by atoms with Gasteiger partial charge in [-0.15, -0.1) is 0 Å². The van der Waals surface area contributed by atoms with Crippen molar-refractivity contribution in [2.75, 3.05) is 4.90 Å². The van der Waals surface area contributed by atoms with E-state index in [1.165, 1.54) is 0 Å². The van der Waals surface area contributed by atoms with Gasteiger partial charge in [-0.2, -0.15) is 0 Å². The number of esters is 2. The molecule has 0 saturated carbocycles. The molecule has 2 rings (SSSR count). The summed E-state index contributed by atoms with van der Waals surface area (Å²) in [6.45, 7) is 6.99. The third-order valence-electron chi connectivity index (χ3n) is 3.48. The zero-order chi connectivity index (χ0) is 19.1. The van der Waals surface area contributed by atoms with Crippen molar-refractivity contribution in [2.45, 2.75) is 45.9 Å². The number of nitrogens with zero attached hydrogens (tertiary/aromatic N) is 1. The molecular formula is C21H25NO4. The monoisotopic (exact) mass is 355 g/mol. The Bertz CT molecular complexity index is 652. The SMILES string of the molecule is CC(C)OC(=O)C(C(=O)OC(C)C)N(c1ccccc1)c1ccccc1. The standard InChI is InChI=1S/C21H25NO4/c1-15(2)25-20(23)19(21(24)26-16(3)4)22(17-11-7-5-8-12-17)18-13-9-6-10-14-18/h5-16,19H,1-4H3. The van der Waals surface area contributed by atoms with Gasteiger partial charge in [-0.3, -0.25) is 0 Å². The highest BCUT2D eigenvalue weighted by Crippen LogP contribution is 2.29. The minimum atomic E-state index is -1.23. The summed E-state index contributed by atoms with van der Waals surface area (Å²) in [5.74, 6) is -1.28. The lowest BCUT2D eigenvalue weighted by Gasteiger charge is -2.31. The summed E-state index contributed by atoms with van der Waals surface area (Å²) in [6.07, 6.45) is -0.685. The largest absolute Gasteiger partial charge is 0.461 e. The second kappa shape index (κ2) is 9.04. The van der Waals surface area contributed by atoms with E-state index in [9.17, 15) is 9.59 Å². The van der Waals surface area contributed by atoms with E-state index >= 15 is 0 Å². The zero-order valence-electron chi connectivity index (χ0n) is 15.6. The van der Waals surface area contributed by atoms with Gasteiger partial charge in [-0.1, -0.05) is 36.4 Å². The molecule has 138 valence electrons. The van der Waals surface area contributed by atoms with Gasteiger partial charge in [0.25, 0.3) is 0 Å². The molecule has 0 aliphatic rings. The molecule has 0 bridgehead atoms. The summed E-state index contributed by atoms with van der Waals surface area (Å²) in [6, 6.07) is 17.3. The number of rotatable bonds is 7. The van der Waals surface area contributed by atoms with E-state index in [0.717, 1.165) is 0 Å². The Labute approximate surface area is 154 Å². The van der Waals surface area contributed by atoms with Crippen molar-refractivity contribution >= 4 is 23.3 Å². The molecule has 5 nitrogen and oxygen atoms in total. The van der Waals surface area contributed by atoms with Crippen molar-refractivity contribution in [3.8, 4) is 0 Å². The smallest absolute Gasteiger partial charge is 0.341 e. The first kappa shape index (κ1) is 19.5. The fraction of sp³-hybridized carbons (Fsp3) is 0.333. The van der Waals surface area contributed by atoms with Crippen LogP contribution < -0.4 is 4.90 Å². The Morgan fingerprint density at radius 3 is 1.35 bits per heavy atom. The summed E-state index contributed by atoms with van der Waals surface area (Å²) in [5, 5.41) is 0. The Kier molecular flexibility index (Phi) is 6.78. The van der Waals surface area contributed by atoms with Gasteiger partial charge >= 0.3 is 11.9 Å². The second-order valence-electron chi connectivity index (χ2n) is 6.41. The van der Waals surface area contributed by atoms with Gasteiger partial charge in [0.05, 0.1) is 12.2 Å². The van der Waals surface area contributed by atoms with E-state index in [2.05, 4.69) is 0 Å². The van der Waals surface area contributed by atoms with E-state index in [0.29, 0.717) is 11.4 Å². The van der Waals surface area contributed by atoms with Crippen LogP contribution in [0.2, 0.25) is 0 Å². The van der Waals surface area contributed by atoms with Crippen molar-refractivity contribution in [2.24, 2.45) is 0 Å². The van der Waals surface area contributed by atoms with E-state index in [4.69, 9.17) is 9.47 Å². The molecular weight excluding hydrogens is 330 g/mol. The highest BCUT2D eigenvalue weighted by molar-refractivity contribution is 6.04. The predicted octanol–water partition coefficient (Wildman–Crippen LogP) is 4.10. The molecule has 0 heterocycles. The Hall–Kier alpha value is -2.82. The van der Waals surface area contributed by atoms with Crippen molar-refractivity contribution in [3.05, 3.63) is 60.7 Å². The minimum Gasteiger partial charge on any atom is -0.461 e. The van der Waals surface area contributed by atoms with Crippen molar-refractivity contribution in [1.82, 2.24) is 0 Å². The summed E-state index contributed by atoms with van der Waals surface area (Å²) >= 11 is 0.